The van der Waals surface area contributed by atoms with E-state index in [2.05, 4.69) is 27.2 Å². The molecule has 4 aromatic rings. The number of carbonyl (C=O) groups is 1. The van der Waals surface area contributed by atoms with E-state index in [9.17, 15) is 9.59 Å². The minimum Gasteiger partial charge on any atom is -0.497 e. The summed E-state index contributed by atoms with van der Waals surface area (Å²) in [5, 5.41) is 8.61. The second kappa shape index (κ2) is 8.78. The fourth-order valence-corrected chi connectivity index (χ4v) is 4.03. The highest BCUT2D eigenvalue weighted by molar-refractivity contribution is 5.76. The first-order valence-corrected chi connectivity index (χ1v) is 10.8. The number of piperazine rings is 1. The molecule has 33 heavy (non-hydrogen) atoms. The molecule has 0 atom stereocenters. The number of nitrogens with zero attached hydrogens (tertiary/aromatic N) is 6. The summed E-state index contributed by atoms with van der Waals surface area (Å²) < 4.78 is 7.84. The SMILES string of the molecule is COc1ccc(-c2cc3c(=O)n(CC(=O)N4CCN(c5ccccc5)CC4)ncn3n2)cc1. The predicted octanol–water partition coefficient (Wildman–Crippen LogP) is 1.92. The van der Waals surface area contributed by atoms with Crippen molar-refractivity contribution in [2.45, 2.75) is 6.54 Å². The molecule has 9 nitrogen and oxygen atoms in total. The second-order valence-electron chi connectivity index (χ2n) is 7.89. The van der Waals surface area contributed by atoms with Crippen molar-refractivity contribution in [3.05, 3.63) is 77.3 Å². The number of hydrogen-bond acceptors (Lipinski definition) is 6. The van der Waals surface area contributed by atoms with E-state index in [0.717, 1.165) is 30.1 Å². The van der Waals surface area contributed by atoms with Gasteiger partial charge >= 0.3 is 0 Å². The lowest BCUT2D eigenvalue weighted by Crippen LogP contribution is -2.50. The van der Waals surface area contributed by atoms with Crippen molar-refractivity contribution >= 4 is 17.1 Å². The molecule has 1 saturated heterocycles. The number of amides is 1. The first kappa shape index (κ1) is 20.7. The van der Waals surface area contributed by atoms with Gasteiger partial charge in [-0.1, -0.05) is 18.2 Å². The van der Waals surface area contributed by atoms with Crippen LogP contribution in [0.25, 0.3) is 16.8 Å². The van der Waals surface area contributed by atoms with Gasteiger partial charge in [0.2, 0.25) is 5.91 Å². The normalized spacial score (nSPS) is 14.0. The zero-order valence-electron chi connectivity index (χ0n) is 18.3. The minimum atomic E-state index is -0.346. The van der Waals surface area contributed by atoms with Gasteiger partial charge in [-0.2, -0.15) is 10.2 Å². The van der Waals surface area contributed by atoms with Gasteiger partial charge < -0.3 is 14.5 Å². The molecule has 1 fully saturated rings. The van der Waals surface area contributed by atoms with Gasteiger partial charge in [-0.15, -0.1) is 0 Å². The Bertz CT molecular complexity index is 1320. The zero-order valence-corrected chi connectivity index (χ0v) is 18.3. The molecule has 0 unspecified atom stereocenters. The highest BCUT2D eigenvalue weighted by Crippen LogP contribution is 2.21. The molecule has 1 amide bonds. The Balaban J connectivity index is 1.29. The molecule has 3 heterocycles. The van der Waals surface area contributed by atoms with Gasteiger partial charge in [0, 0.05) is 37.4 Å². The molecule has 2 aromatic carbocycles. The molecule has 2 aromatic heterocycles. The largest absolute Gasteiger partial charge is 0.497 e. The van der Waals surface area contributed by atoms with E-state index in [1.54, 1.807) is 18.1 Å². The van der Waals surface area contributed by atoms with Crippen LogP contribution in [0.15, 0.2) is 71.8 Å². The average Bonchev–Trinajstić information content (AvgIpc) is 3.32. The summed E-state index contributed by atoms with van der Waals surface area (Å²) in [7, 11) is 1.61. The lowest BCUT2D eigenvalue weighted by molar-refractivity contribution is -0.132. The van der Waals surface area contributed by atoms with Crippen LogP contribution in [-0.2, 0) is 11.3 Å². The molecule has 5 rings (SSSR count). The molecule has 168 valence electrons. The first-order valence-electron chi connectivity index (χ1n) is 10.8. The van der Waals surface area contributed by atoms with Gasteiger partial charge in [0.15, 0.2) is 0 Å². The Hall–Kier alpha value is -4.14. The smallest absolute Gasteiger partial charge is 0.293 e. The van der Waals surface area contributed by atoms with Gasteiger partial charge in [0.05, 0.1) is 12.8 Å². The Morgan fingerprint density at radius 1 is 1.00 bits per heavy atom. The Labute approximate surface area is 190 Å². The average molecular weight is 444 g/mol. The van der Waals surface area contributed by atoms with E-state index in [1.165, 1.54) is 15.5 Å². The van der Waals surface area contributed by atoms with Crippen molar-refractivity contribution in [1.82, 2.24) is 24.3 Å². The number of fused-ring (bicyclic) bond motifs is 1. The van der Waals surface area contributed by atoms with E-state index in [4.69, 9.17) is 4.74 Å². The number of benzene rings is 2. The number of ether oxygens (including phenoxy) is 1. The molecule has 0 aliphatic carbocycles. The molecule has 1 aliphatic rings. The molecule has 0 bridgehead atoms. The zero-order chi connectivity index (χ0) is 22.8. The monoisotopic (exact) mass is 444 g/mol. The summed E-state index contributed by atoms with van der Waals surface area (Å²) in [5.74, 6) is 0.631. The first-order chi connectivity index (χ1) is 16.1. The van der Waals surface area contributed by atoms with Crippen molar-refractivity contribution in [3.63, 3.8) is 0 Å². The van der Waals surface area contributed by atoms with Crippen LogP contribution < -0.4 is 15.2 Å². The van der Waals surface area contributed by atoms with Gasteiger partial charge in [-0.25, -0.2) is 9.20 Å². The Morgan fingerprint density at radius 2 is 1.73 bits per heavy atom. The minimum absolute atomic E-state index is 0.0935. The maximum absolute atomic E-state index is 13.0. The van der Waals surface area contributed by atoms with Crippen LogP contribution in [0.4, 0.5) is 5.69 Å². The molecule has 0 spiro atoms. The molecule has 0 N–H and O–H groups in total. The molecule has 1 aliphatic heterocycles. The highest BCUT2D eigenvalue weighted by Gasteiger charge is 2.22. The maximum atomic E-state index is 13.0. The van der Waals surface area contributed by atoms with E-state index in [0.29, 0.717) is 24.3 Å². The van der Waals surface area contributed by atoms with Crippen molar-refractivity contribution in [2.24, 2.45) is 0 Å². The van der Waals surface area contributed by atoms with Crippen LogP contribution in [0.5, 0.6) is 5.75 Å². The Morgan fingerprint density at radius 3 is 2.42 bits per heavy atom. The van der Waals surface area contributed by atoms with Crippen LogP contribution in [-0.4, -0.2) is 63.5 Å². The summed E-state index contributed by atoms with van der Waals surface area (Å²) in [5.41, 5.74) is 2.69. The fourth-order valence-electron chi connectivity index (χ4n) is 4.03. The third kappa shape index (κ3) is 4.17. The van der Waals surface area contributed by atoms with Crippen molar-refractivity contribution in [1.29, 1.82) is 0 Å². The van der Waals surface area contributed by atoms with E-state index in [-0.39, 0.29) is 18.0 Å². The van der Waals surface area contributed by atoms with Crippen LogP contribution in [0.3, 0.4) is 0 Å². The molecular weight excluding hydrogens is 420 g/mol. The fraction of sp³-hybridized carbons (Fsp3) is 0.250. The number of methoxy groups -OCH3 is 1. The number of carbonyl (C=O) groups excluding carboxylic acids is 1. The van der Waals surface area contributed by atoms with Gasteiger partial charge in [0.25, 0.3) is 5.56 Å². The topological polar surface area (TPSA) is 85.0 Å². The molecule has 9 heteroatoms. The number of hydrogen-bond donors (Lipinski definition) is 0. The molecule has 0 saturated carbocycles. The van der Waals surface area contributed by atoms with Crippen molar-refractivity contribution < 1.29 is 9.53 Å². The van der Waals surface area contributed by atoms with Gasteiger partial charge in [-0.3, -0.25) is 9.59 Å². The number of para-hydroxylation sites is 1. The third-order valence-electron chi connectivity index (χ3n) is 5.91. The highest BCUT2D eigenvalue weighted by atomic mass is 16.5. The summed E-state index contributed by atoms with van der Waals surface area (Å²) in [6.07, 6.45) is 1.46. The third-order valence-corrected chi connectivity index (χ3v) is 5.91. The second-order valence-corrected chi connectivity index (χ2v) is 7.89. The van der Waals surface area contributed by atoms with E-state index in [1.807, 2.05) is 42.5 Å². The van der Waals surface area contributed by atoms with E-state index < -0.39 is 0 Å². The number of anilines is 1. The lowest BCUT2D eigenvalue weighted by Gasteiger charge is -2.36. The quantitative estimate of drug-likeness (QED) is 0.468. The van der Waals surface area contributed by atoms with Crippen LogP contribution in [0.2, 0.25) is 0 Å². The standard InChI is InChI=1S/C24H24N6O3/c1-33-20-9-7-18(8-10-20)21-15-22-24(32)29(25-17-30(22)26-21)16-23(31)28-13-11-27(12-14-28)19-5-3-2-4-6-19/h2-10,15,17H,11-14,16H2,1H3. The summed E-state index contributed by atoms with van der Waals surface area (Å²) >= 11 is 0. The molecular formula is C24H24N6O3. The van der Waals surface area contributed by atoms with Crippen LogP contribution in [0.1, 0.15) is 0 Å². The summed E-state index contributed by atoms with van der Waals surface area (Å²) in [6, 6.07) is 19.3. The van der Waals surface area contributed by atoms with E-state index >= 15 is 0 Å². The van der Waals surface area contributed by atoms with Gasteiger partial charge in [-0.05, 0) is 42.5 Å². The van der Waals surface area contributed by atoms with Crippen molar-refractivity contribution in [3.8, 4) is 17.0 Å². The summed E-state index contributed by atoms with van der Waals surface area (Å²) in [4.78, 5) is 29.9. The van der Waals surface area contributed by atoms with Gasteiger partial charge in [0.1, 0.15) is 24.1 Å². The number of rotatable bonds is 5. The summed E-state index contributed by atoms with van der Waals surface area (Å²) in [6.45, 7) is 2.64. The Kier molecular flexibility index (Phi) is 5.52. The van der Waals surface area contributed by atoms with Crippen LogP contribution in [0, 0.1) is 0 Å². The van der Waals surface area contributed by atoms with Crippen LogP contribution >= 0.6 is 0 Å². The lowest BCUT2D eigenvalue weighted by atomic mass is 10.1. The van der Waals surface area contributed by atoms with Crippen molar-refractivity contribution in [2.75, 3.05) is 38.2 Å². The maximum Gasteiger partial charge on any atom is 0.293 e. The molecule has 0 radical (unpaired) electrons. The number of aromatic nitrogens is 4. The predicted molar refractivity (Wildman–Crippen MR) is 124 cm³/mol.